The SMILES string of the molecule is Cl.O=C(O)CNc1cccc(C(NCc2ccc(C(F)(F)F)cc2)S(=O)(=O)c2cccnc2)n1. The molecule has 3 N–H and O–H groups in total. The zero-order valence-corrected chi connectivity index (χ0v) is 19.0. The van der Waals surface area contributed by atoms with Crippen molar-refractivity contribution in [3.63, 3.8) is 0 Å². The Bertz CT molecular complexity index is 1210. The number of hydrogen-bond acceptors (Lipinski definition) is 7. The fourth-order valence-electron chi connectivity index (χ4n) is 2.91. The molecule has 2 heterocycles. The number of carboxylic acid groups (broad SMARTS) is 1. The van der Waals surface area contributed by atoms with Crippen LogP contribution < -0.4 is 10.6 Å². The summed E-state index contributed by atoms with van der Waals surface area (Å²) in [6, 6.07) is 11.6. The third kappa shape index (κ3) is 6.89. The van der Waals surface area contributed by atoms with Crippen molar-refractivity contribution in [2.45, 2.75) is 23.0 Å². The minimum atomic E-state index is -4.48. The number of sulfone groups is 1. The number of carboxylic acids is 1. The van der Waals surface area contributed by atoms with E-state index < -0.39 is 39.5 Å². The van der Waals surface area contributed by atoms with Gasteiger partial charge in [-0.15, -0.1) is 12.4 Å². The molecule has 0 aliphatic rings. The van der Waals surface area contributed by atoms with Gasteiger partial charge in [-0.05, 0) is 42.0 Å². The van der Waals surface area contributed by atoms with E-state index in [0.717, 1.165) is 12.1 Å². The molecule has 0 spiro atoms. The second-order valence-electron chi connectivity index (χ2n) is 6.88. The Morgan fingerprint density at radius 2 is 1.76 bits per heavy atom. The van der Waals surface area contributed by atoms with Crippen LogP contribution in [0.25, 0.3) is 0 Å². The van der Waals surface area contributed by atoms with E-state index in [1.807, 2.05) is 0 Å². The van der Waals surface area contributed by atoms with Crippen molar-refractivity contribution in [3.05, 3.63) is 83.8 Å². The van der Waals surface area contributed by atoms with Crippen LogP contribution in [0.3, 0.4) is 0 Å². The lowest BCUT2D eigenvalue weighted by Crippen LogP contribution is -2.30. The van der Waals surface area contributed by atoms with Crippen LogP contribution in [-0.4, -0.2) is 36.0 Å². The van der Waals surface area contributed by atoms with Gasteiger partial charge in [0.25, 0.3) is 0 Å². The number of halogens is 4. The molecule has 1 atom stereocenters. The summed E-state index contributed by atoms with van der Waals surface area (Å²) in [5, 5.41) is 12.9. The molecule has 0 aliphatic carbocycles. The number of aromatic nitrogens is 2. The number of hydrogen-bond donors (Lipinski definition) is 3. The van der Waals surface area contributed by atoms with E-state index in [1.54, 1.807) is 0 Å². The maximum Gasteiger partial charge on any atom is 0.416 e. The summed E-state index contributed by atoms with van der Waals surface area (Å²) in [6.45, 7) is -0.494. The zero-order valence-electron chi connectivity index (χ0n) is 17.4. The van der Waals surface area contributed by atoms with Crippen molar-refractivity contribution in [1.29, 1.82) is 0 Å². The summed E-state index contributed by atoms with van der Waals surface area (Å²) in [5.41, 5.74) is -0.319. The van der Waals surface area contributed by atoms with Gasteiger partial charge in [-0.1, -0.05) is 18.2 Å². The number of carbonyl (C=O) groups is 1. The highest BCUT2D eigenvalue weighted by atomic mass is 35.5. The van der Waals surface area contributed by atoms with Crippen LogP contribution in [-0.2, 0) is 27.4 Å². The lowest BCUT2D eigenvalue weighted by atomic mass is 10.1. The van der Waals surface area contributed by atoms with Crippen molar-refractivity contribution in [2.24, 2.45) is 0 Å². The Hall–Kier alpha value is -3.22. The molecule has 0 amide bonds. The van der Waals surface area contributed by atoms with Crippen LogP contribution in [0.1, 0.15) is 22.2 Å². The Labute approximate surface area is 199 Å². The summed E-state index contributed by atoms with van der Waals surface area (Å²) < 4.78 is 65.0. The van der Waals surface area contributed by atoms with E-state index in [0.29, 0.717) is 5.56 Å². The summed E-state index contributed by atoms with van der Waals surface area (Å²) in [5.74, 6) is -0.972. The first kappa shape index (κ1) is 27.0. The molecule has 13 heteroatoms. The molecule has 0 bridgehead atoms. The quantitative estimate of drug-likeness (QED) is 0.394. The van der Waals surface area contributed by atoms with Crippen LogP contribution in [0.15, 0.2) is 71.9 Å². The molecule has 34 heavy (non-hydrogen) atoms. The van der Waals surface area contributed by atoms with Crippen molar-refractivity contribution >= 4 is 34.0 Å². The van der Waals surface area contributed by atoms with Gasteiger partial charge in [0.15, 0.2) is 5.37 Å². The molecule has 0 fully saturated rings. The Kier molecular flexibility index (Phi) is 8.96. The first-order chi connectivity index (χ1) is 15.6. The number of pyridine rings is 2. The van der Waals surface area contributed by atoms with Gasteiger partial charge in [0, 0.05) is 18.9 Å². The molecule has 3 aromatic rings. The number of rotatable bonds is 9. The first-order valence-electron chi connectivity index (χ1n) is 9.53. The minimum Gasteiger partial charge on any atom is -0.480 e. The summed E-state index contributed by atoms with van der Waals surface area (Å²) in [6.07, 6.45) is -1.89. The molecule has 0 aliphatic heterocycles. The maximum absolute atomic E-state index is 13.3. The van der Waals surface area contributed by atoms with Gasteiger partial charge in [-0.2, -0.15) is 13.2 Å². The molecule has 0 radical (unpaired) electrons. The smallest absolute Gasteiger partial charge is 0.416 e. The van der Waals surface area contributed by atoms with E-state index in [1.165, 1.54) is 54.9 Å². The van der Waals surface area contributed by atoms with Crippen LogP contribution >= 0.6 is 12.4 Å². The van der Waals surface area contributed by atoms with Crippen LogP contribution in [0.5, 0.6) is 0 Å². The second kappa shape index (κ2) is 11.3. The number of anilines is 1. The second-order valence-corrected chi connectivity index (χ2v) is 8.92. The van der Waals surface area contributed by atoms with Gasteiger partial charge < -0.3 is 10.4 Å². The van der Waals surface area contributed by atoms with Gasteiger partial charge in [0.05, 0.1) is 16.2 Å². The van der Waals surface area contributed by atoms with Crippen LogP contribution in [0.4, 0.5) is 19.0 Å². The summed E-state index contributed by atoms with van der Waals surface area (Å²) >= 11 is 0. The van der Waals surface area contributed by atoms with Gasteiger partial charge >= 0.3 is 12.1 Å². The van der Waals surface area contributed by atoms with Gasteiger partial charge in [0.2, 0.25) is 9.84 Å². The maximum atomic E-state index is 13.3. The minimum absolute atomic E-state index is 0. The van der Waals surface area contributed by atoms with E-state index >= 15 is 0 Å². The Morgan fingerprint density at radius 3 is 2.35 bits per heavy atom. The molecular weight excluding hydrogens is 497 g/mol. The predicted octanol–water partition coefficient (Wildman–Crippen LogP) is 3.68. The van der Waals surface area contributed by atoms with Crippen molar-refractivity contribution < 1.29 is 31.5 Å². The molecule has 1 unspecified atom stereocenters. The third-order valence-corrected chi connectivity index (χ3v) is 6.43. The van der Waals surface area contributed by atoms with Crippen LogP contribution in [0, 0.1) is 0 Å². The highest BCUT2D eigenvalue weighted by Crippen LogP contribution is 2.30. The summed E-state index contributed by atoms with van der Waals surface area (Å²) in [4.78, 5) is 18.8. The molecule has 1 aromatic carbocycles. The highest BCUT2D eigenvalue weighted by molar-refractivity contribution is 7.91. The number of nitrogens with one attached hydrogen (secondary N) is 2. The van der Waals surface area contributed by atoms with Gasteiger partial charge in [0.1, 0.15) is 12.4 Å². The monoisotopic (exact) mass is 516 g/mol. The normalized spacial score (nSPS) is 12.4. The molecule has 3 rings (SSSR count). The van der Waals surface area contributed by atoms with Crippen molar-refractivity contribution in [1.82, 2.24) is 15.3 Å². The summed E-state index contributed by atoms with van der Waals surface area (Å²) in [7, 11) is -4.06. The average Bonchev–Trinajstić information content (AvgIpc) is 2.78. The largest absolute Gasteiger partial charge is 0.480 e. The van der Waals surface area contributed by atoms with E-state index in [4.69, 9.17) is 5.11 Å². The van der Waals surface area contributed by atoms with Crippen molar-refractivity contribution in [2.75, 3.05) is 11.9 Å². The van der Waals surface area contributed by atoms with Gasteiger partial charge in [-0.25, -0.2) is 13.4 Å². The molecule has 0 saturated heterocycles. The third-order valence-electron chi connectivity index (χ3n) is 4.51. The van der Waals surface area contributed by atoms with E-state index in [-0.39, 0.29) is 35.4 Å². The number of nitrogens with zero attached hydrogens (tertiary/aromatic N) is 2. The topological polar surface area (TPSA) is 121 Å². The first-order valence-corrected chi connectivity index (χ1v) is 11.1. The Morgan fingerprint density at radius 1 is 1.06 bits per heavy atom. The Balaban J connectivity index is 0.00000408. The number of aliphatic carboxylic acids is 1. The number of benzene rings is 1. The van der Waals surface area contributed by atoms with Crippen LogP contribution in [0.2, 0.25) is 0 Å². The average molecular weight is 517 g/mol. The molecule has 0 saturated carbocycles. The molecule has 2 aromatic heterocycles. The fraction of sp³-hybridized carbons (Fsp3) is 0.190. The van der Waals surface area contributed by atoms with E-state index in [9.17, 15) is 26.4 Å². The lowest BCUT2D eigenvalue weighted by Gasteiger charge is -2.20. The zero-order chi connectivity index (χ0) is 24.1. The standard InChI is InChI=1S/C21H19F3N4O4S.ClH/c22-21(23,24)15-8-6-14(7-9-15)11-27-20(33(31,32)16-3-2-10-25-12-16)17-4-1-5-18(28-17)26-13-19(29)30;/h1-10,12,20,27H,11,13H2,(H,26,28)(H,29,30);1H. The predicted molar refractivity (Wildman–Crippen MR) is 120 cm³/mol. The van der Waals surface area contributed by atoms with E-state index in [2.05, 4.69) is 20.6 Å². The fourth-order valence-corrected chi connectivity index (χ4v) is 4.41. The van der Waals surface area contributed by atoms with Crippen molar-refractivity contribution in [3.8, 4) is 0 Å². The lowest BCUT2D eigenvalue weighted by molar-refractivity contribution is -0.137. The number of alkyl halides is 3. The molecule has 8 nitrogen and oxygen atoms in total. The molecular formula is C21H20ClF3N4O4S. The van der Waals surface area contributed by atoms with Gasteiger partial charge in [-0.3, -0.25) is 15.1 Å². The molecule has 182 valence electrons. The highest BCUT2D eigenvalue weighted by Gasteiger charge is 2.32.